The number of ether oxygens (including phenoxy) is 1. The molecule has 1 N–H and O–H groups in total. The van der Waals surface area contributed by atoms with Gasteiger partial charge in [0.2, 0.25) is 5.91 Å². The first-order valence-corrected chi connectivity index (χ1v) is 8.28. The first kappa shape index (κ1) is 18.3. The summed E-state index contributed by atoms with van der Waals surface area (Å²) >= 11 is 3.09. The second kappa shape index (κ2) is 8.16. The van der Waals surface area contributed by atoms with Gasteiger partial charge in [-0.05, 0) is 29.8 Å². The molecule has 1 amide bonds. The number of alkyl halides is 2. The number of carbonyl (C=O) groups excluding carboxylic acids is 1. The summed E-state index contributed by atoms with van der Waals surface area (Å²) in [5.41, 5.74) is 0.174. The number of aromatic nitrogens is 2. The van der Waals surface area contributed by atoms with Crippen molar-refractivity contribution in [1.29, 1.82) is 0 Å². The Morgan fingerprint density at radius 2 is 2.09 bits per heavy atom. The molecule has 6 nitrogen and oxygen atoms in total. The van der Waals surface area contributed by atoms with Crippen molar-refractivity contribution in [2.75, 3.05) is 32.8 Å². The summed E-state index contributed by atoms with van der Waals surface area (Å²) in [5, 5.41) is 6.68. The Labute approximate surface area is 142 Å². The van der Waals surface area contributed by atoms with Crippen LogP contribution in [0.15, 0.2) is 4.47 Å². The Morgan fingerprint density at radius 3 is 2.65 bits per heavy atom. The summed E-state index contributed by atoms with van der Waals surface area (Å²) in [4.78, 5) is 14.3. The number of hydrogen-bond donors (Lipinski definition) is 1. The maximum Gasteiger partial charge on any atom is 0.283 e. The monoisotopic (exact) mass is 394 g/mol. The van der Waals surface area contributed by atoms with Gasteiger partial charge in [-0.25, -0.2) is 8.78 Å². The molecule has 1 fully saturated rings. The molecule has 0 aromatic carbocycles. The lowest BCUT2D eigenvalue weighted by Crippen LogP contribution is -2.46. The van der Waals surface area contributed by atoms with Crippen molar-refractivity contribution in [3.8, 4) is 0 Å². The van der Waals surface area contributed by atoms with Crippen LogP contribution in [0.3, 0.4) is 0 Å². The molecule has 0 radical (unpaired) electrons. The highest BCUT2D eigenvalue weighted by molar-refractivity contribution is 9.10. The second-order valence-corrected chi connectivity index (χ2v) is 6.42. The Balaban J connectivity index is 1.87. The van der Waals surface area contributed by atoms with Gasteiger partial charge < -0.3 is 10.1 Å². The van der Waals surface area contributed by atoms with E-state index >= 15 is 0 Å². The molecule has 1 aromatic heterocycles. The highest BCUT2D eigenvalue weighted by Gasteiger charge is 2.22. The molecular weight excluding hydrogens is 374 g/mol. The summed E-state index contributed by atoms with van der Waals surface area (Å²) in [7, 11) is 0. The minimum atomic E-state index is -2.67. The zero-order chi connectivity index (χ0) is 17.0. The lowest BCUT2D eigenvalue weighted by molar-refractivity contribution is -0.122. The summed E-state index contributed by atoms with van der Waals surface area (Å²) in [5.74, 6) is -0.246. The second-order valence-electron chi connectivity index (χ2n) is 5.62. The number of morpholine rings is 1. The lowest BCUT2D eigenvalue weighted by Gasteiger charge is -2.29. The van der Waals surface area contributed by atoms with E-state index in [0.717, 1.165) is 19.6 Å². The fourth-order valence-electron chi connectivity index (χ4n) is 2.51. The van der Waals surface area contributed by atoms with E-state index in [1.807, 2.05) is 6.92 Å². The molecule has 1 unspecified atom stereocenters. The molecule has 23 heavy (non-hydrogen) atoms. The summed E-state index contributed by atoms with van der Waals surface area (Å²) in [6, 6.07) is -0.0329. The van der Waals surface area contributed by atoms with Crippen molar-refractivity contribution in [2.24, 2.45) is 0 Å². The van der Waals surface area contributed by atoms with Gasteiger partial charge in [-0.2, -0.15) is 5.10 Å². The standard InChI is InChI=1S/C14H21BrF2N4O2/c1-9(7-20-3-5-23-6-4-20)18-11(22)8-21-10(2)12(15)13(19-21)14(16)17/h9,14H,3-8H2,1-2H3,(H,18,22). The topological polar surface area (TPSA) is 59.4 Å². The third kappa shape index (κ3) is 4.95. The zero-order valence-electron chi connectivity index (χ0n) is 13.2. The Kier molecular flexibility index (Phi) is 6.49. The highest BCUT2D eigenvalue weighted by Crippen LogP contribution is 2.28. The normalized spacial score (nSPS) is 17.5. The van der Waals surface area contributed by atoms with Gasteiger partial charge in [-0.3, -0.25) is 14.4 Å². The van der Waals surface area contributed by atoms with Crippen LogP contribution in [0.4, 0.5) is 8.78 Å². The van der Waals surface area contributed by atoms with Crippen molar-refractivity contribution >= 4 is 21.8 Å². The molecule has 2 heterocycles. The Bertz CT molecular complexity index is 547. The van der Waals surface area contributed by atoms with Gasteiger partial charge in [0.25, 0.3) is 6.43 Å². The molecule has 1 aliphatic rings. The van der Waals surface area contributed by atoms with Crippen molar-refractivity contribution in [3.63, 3.8) is 0 Å². The van der Waals surface area contributed by atoms with Crippen LogP contribution < -0.4 is 5.32 Å². The average Bonchev–Trinajstić information content (AvgIpc) is 2.76. The largest absolute Gasteiger partial charge is 0.379 e. The number of nitrogens with zero attached hydrogens (tertiary/aromatic N) is 3. The SMILES string of the molecule is Cc1c(Br)c(C(F)F)nn1CC(=O)NC(C)CN1CCOCC1. The minimum Gasteiger partial charge on any atom is -0.379 e. The van der Waals surface area contributed by atoms with Crippen LogP contribution in [-0.2, 0) is 16.1 Å². The predicted octanol–water partition coefficient (Wildman–Crippen LogP) is 1.73. The van der Waals surface area contributed by atoms with Crippen LogP contribution in [0.2, 0.25) is 0 Å². The molecule has 1 saturated heterocycles. The quantitative estimate of drug-likeness (QED) is 0.797. The molecular formula is C14H21BrF2N4O2. The highest BCUT2D eigenvalue weighted by atomic mass is 79.9. The van der Waals surface area contributed by atoms with E-state index in [2.05, 4.69) is 31.2 Å². The van der Waals surface area contributed by atoms with E-state index in [9.17, 15) is 13.6 Å². The first-order chi connectivity index (χ1) is 10.9. The molecule has 1 aromatic rings. The van der Waals surface area contributed by atoms with E-state index in [0.29, 0.717) is 18.9 Å². The molecule has 0 spiro atoms. The van der Waals surface area contributed by atoms with Crippen LogP contribution >= 0.6 is 15.9 Å². The molecule has 2 rings (SSSR count). The fraction of sp³-hybridized carbons (Fsp3) is 0.714. The van der Waals surface area contributed by atoms with Crippen LogP contribution in [0.5, 0.6) is 0 Å². The van der Waals surface area contributed by atoms with Crippen molar-refractivity contribution < 1.29 is 18.3 Å². The smallest absolute Gasteiger partial charge is 0.283 e. The average molecular weight is 395 g/mol. The number of amides is 1. The fourth-order valence-corrected chi connectivity index (χ4v) is 2.97. The molecule has 0 bridgehead atoms. The van der Waals surface area contributed by atoms with Crippen LogP contribution in [-0.4, -0.2) is 59.5 Å². The molecule has 0 aliphatic carbocycles. The number of rotatable bonds is 6. The van der Waals surface area contributed by atoms with Crippen LogP contribution in [0, 0.1) is 6.92 Å². The third-order valence-electron chi connectivity index (χ3n) is 3.70. The predicted molar refractivity (Wildman–Crippen MR) is 84.5 cm³/mol. The summed E-state index contributed by atoms with van der Waals surface area (Å²) < 4.78 is 32.4. The summed E-state index contributed by atoms with van der Waals surface area (Å²) in [6.45, 7) is 7.34. The summed E-state index contributed by atoms with van der Waals surface area (Å²) in [6.07, 6.45) is -2.67. The number of hydrogen-bond acceptors (Lipinski definition) is 4. The van der Waals surface area contributed by atoms with Crippen LogP contribution in [0.25, 0.3) is 0 Å². The number of nitrogens with one attached hydrogen (secondary N) is 1. The van der Waals surface area contributed by atoms with Crippen LogP contribution in [0.1, 0.15) is 24.7 Å². The minimum absolute atomic E-state index is 0.0329. The molecule has 1 atom stereocenters. The third-order valence-corrected chi connectivity index (χ3v) is 4.68. The van der Waals surface area contributed by atoms with E-state index in [1.165, 1.54) is 4.68 Å². The van der Waals surface area contributed by atoms with Gasteiger partial charge in [0.15, 0.2) is 0 Å². The molecule has 9 heteroatoms. The first-order valence-electron chi connectivity index (χ1n) is 7.49. The molecule has 0 saturated carbocycles. The van der Waals surface area contributed by atoms with Gasteiger partial charge in [0.05, 0.1) is 23.4 Å². The van der Waals surface area contributed by atoms with Gasteiger partial charge in [0, 0.05) is 25.7 Å². The molecule has 130 valence electrons. The lowest BCUT2D eigenvalue weighted by atomic mass is 10.3. The van der Waals surface area contributed by atoms with Crippen molar-refractivity contribution in [3.05, 3.63) is 15.9 Å². The van der Waals surface area contributed by atoms with E-state index in [1.54, 1.807) is 6.92 Å². The Hall–Kier alpha value is -1.06. The van der Waals surface area contributed by atoms with Crippen molar-refractivity contribution in [2.45, 2.75) is 32.9 Å². The molecule has 1 aliphatic heterocycles. The Morgan fingerprint density at radius 1 is 1.43 bits per heavy atom. The number of carbonyl (C=O) groups is 1. The number of halogens is 3. The van der Waals surface area contributed by atoms with Gasteiger partial charge in [0.1, 0.15) is 12.2 Å². The maximum atomic E-state index is 12.8. The maximum absolute atomic E-state index is 12.8. The van der Waals surface area contributed by atoms with Gasteiger partial charge in [-0.15, -0.1) is 0 Å². The van der Waals surface area contributed by atoms with Gasteiger partial charge >= 0.3 is 0 Å². The van der Waals surface area contributed by atoms with Gasteiger partial charge in [-0.1, -0.05) is 0 Å². The van der Waals surface area contributed by atoms with Crippen molar-refractivity contribution in [1.82, 2.24) is 20.0 Å². The van der Waals surface area contributed by atoms with E-state index < -0.39 is 6.43 Å². The van der Waals surface area contributed by atoms with E-state index in [4.69, 9.17) is 4.74 Å². The van der Waals surface area contributed by atoms with E-state index in [-0.39, 0.29) is 28.7 Å². The zero-order valence-corrected chi connectivity index (χ0v) is 14.8.